The number of aromatic nitrogens is 1. The maximum atomic E-state index is 13.1. The Morgan fingerprint density at radius 2 is 2.11 bits per heavy atom. The standard InChI is InChI=1S/C14H16FN3O/c1-3-16-14-9-11(6-7-17-14)18-12-5-4-10(15)8-13(12)19-2/h4-9H,3H2,1-2H3,(H2,16,17,18). The SMILES string of the molecule is CCNc1cc(Nc2ccc(F)cc2OC)ccn1. The van der Waals surface area contributed by atoms with E-state index in [1.165, 1.54) is 19.2 Å². The van der Waals surface area contributed by atoms with Gasteiger partial charge in [-0.2, -0.15) is 0 Å². The van der Waals surface area contributed by atoms with Crippen LogP contribution >= 0.6 is 0 Å². The summed E-state index contributed by atoms with van der Waals surface area (Å²) in [7, 11) is 1.51. The molecule has 0 aliphatic rings. The first-order chi connectivity index (χ1) is 9.22. The largest absolute Gasteiger partial charge is 0.494 e. The first-order valence-electron chi connectivity index (χ1n) is 6.03. The molecule has 0 aliphatic heterocycles. The van der Waals surface area contributed by atoms with Crippen LogP contribution in [-0.2, 0) is 0 Å². The van der Waals surface area contributed by atoms with Crippen LogP contribution in [0.3, 0.4) is 0 Å². The van der Waals surface area contributed by atoms with Gasteiger partial charge in [-0.1, -0.05) is 0 Å². The predicted octanol–water partition coefficient (Wildman–Crippen LogP) is 3.40. The molecule has 0 fully saturated rings. The average Bonchev–Trinajstić information content (AvgIpc) is 2.41. The van der Waals surface area contributed by atoms with E-state index in [4.69, 9.17) is 4.74 Å². The summed E-state index contributed by atoms with van der Waals surface area (Å²) in [5.74, 6) is 0.917. The smallest absolute Gasteiger partial charge is 0.145 e. The fourth-order valence-electron chi connectivity index (χ4n) is 1.71. The number of benzene rings is 1. The highest BCUT2D eigenvalue weighted by Crippen LogP contribution is 2.28. The van der Waals surface area contributed by atoms with E-state index in [1.807, 2.05) is 19.1 Å². The highest BCUT2D eigenvalue weighted by Gasteiger charge is 2.05. The summed E-state index contributed by atoms with van der Waals surface area (Å²) in [6, 6.07) is 8.09. The van der Waals surface area contributed by atoms with Gasteiger partial charge in [0.05, 0.1) is 12.8 Å². The van der Waals surface area contributed by atoms with Gasteiger partial charge in [0.15, 0.2) is 0 Å². The number of ether oxygens (including phenoxy) is 1. The molecule has 2 aromatic rings. The van der Waals surface area contributed by atoms with Gasteiger partial charge < -0.3 is 15.4 Å². The summed E-state index contributed by atoms with van der Waals surface area (Å²) >= 11 is 0. The van der Waals surface area contributed by atoms with Gasteiger partial charge in [0, 0.05) is 30.6 Å². The monoisotopic (exact) mass is 261 g/mol. The molecule has 0 saturated heterocycles. The quantitative estimate of drug-likeness (QED) is 0.866. The van der Waals surface area contributed by atoms with Crippen molar-refractivity contribution in [2.75, 3.05) is 24.3 Å². The van der Waals surface area contributed by atoms with E-state index in [1.54, 1.807) is 12.3 Å². The Balaban J connectivity index is 2.23. The molecule has 1 heterocycles. The van der Waals surface area contributed by atoms with Crippen LogP contribution < -0.4 is 15.4 Å². The van der Waals surface area contributed by atoms with E-state index in [-0.39, 0.29) is 5.82 Å². The van der Waals surface area contributed by atoms with Gasteiger partial charge in [-0.15, -0.1) is 0 Å². The molecule has 0 bridgehead atoms. The number of nitrogens with zero attached hydrogens (tertiary/aromatic N) is 1. The van der Waals surface area contributed by atoms with Gasteiger partial charge >= 0.3 is 0 Å². The molecule has 100 valence electrons. The average molecular weight is 261 g/mol. The highest BCUT2D eigenvalue weighted by atomic mass is 19.1. The minimum Gasteiger partial charge on any atom is -0.494 e. The van der Waals surface area contributed by atoms with E-state index in [9.17, 15) is 4.39 Å². The van der Waals surface area contributed by atoms with Crippen molar-refractivity contribution >= 4 is 17.2 Å². The molecule has 5 heteroatoms. The minimum absolute atomic E-state index is 0.328. The van der Waals surface area contributed by atoms with Gasteiger partial charge in [0.1, 0.15) is 17.4 Å². The van der Waals surface area contributed by atoms with Crippen LogP contribution in [0.4, 0.5) is 21.6 Å². The number of hydrogen-bond acceptors (Lipinski definition) is 4. The Morgan fingerprint density at radius 3 is 2.84 bits per heavy atom. The number of methoxy groups -OCH3 is 1. The first kappa shape index (κ1) is 13.1. The van der Waals surface area contributed by atoms with Gasteiger partial charge in [0.25, 0.3) is 0 Å². The van der Waals surface area contributed by atoms with Gasteiger partial charge in [-0.05, 0) is 25.1 Å². The van der Waals surface area contributed by atoms with E-state index < -0.39 is 0 Å². The van der Waals surface area contributed by atoms with E-state index >= 15 is 0 Å². The van der Waals surface area contributed by atoms with Crippen LogP contribution in [0.5, 0.6) is 5.75 Å². The lowest BCUT2D eigenvalue weighted by molar-refractivity contribution is 0.413. The second-order valence-corrected chi connectivity index (χ2v) is 3.93. The second kappa shape index (κ2) is 6.04. The Bertz CT molecular complexity index is 560. The summed E-state index contributed by atoms with van der Waals surface area (Å²) in [4.78, 5) is 4.19. The topological polar surface area (TPSA) is 46.2 Å². The molecular weight excluding hydrogens is 245 g/mol. The number of anilines is 3. The van der Waals surface area contributed by atoms with E-state index in [0.717, 1.165) is 18.1 Å². The van der Waals surface area contributed by atoms with Gasteiger partial charge in [-0.3, -0.25) is 0 Å². The van der Waals surface area contributed by atoms with Gasteiger partial charge in [0.2, 0.25) is 0 Å². The van der Waals surface area contributed by atoms with Crippen LogP contribution in [0.2, 0.25) is 0 Å². The maximum absolute atomic E-state index is 13.1. The Morgan fingerprint density at radius 1 is 1.26 bits per heavy atom. The first-order valence-corrected chi connectivity index (χ1v) is 6.03. The Labute approximate surface area is 111 Å². The third-order valence-electron chi connectivity index (χ3n) is 2.56. The molecule has 19 heavy (non-hydrogen) atoms. The molecule has 0 spiro atoms. The van der Waals surface area contributed by atoms with Crippen molar-refractivity contribution in [2.45, 2.75) is 6.92 Å². The Hall–Kier alpha value is -2.30. The lowest BCUT2D eigenvalue weighted by Gasteiger charge is -2.12. The van der Waals surface area contributed by atoms with Crippen molar-refractivity contribution in [3.8, 4) is 5.75 Å². The molecule has 0 saturated carbocycles. The predicted molar refractivity (Wildman–Crippen MR) is 74.6 cm³/mol. The van der Waals surface area contributed by atoms with Crippen molar-refractivity contribution < 1.29 is 9.13 Å². The molecule has 0 atom stereocenters. The van der Waals surface area contributed by atoms with Crippen LogP contribution in [0, 0.1) is 5.82 Å². The van der Waals surface area contributed by atoms with Crippen LogP contribution in [-0.4, -0.2) is 18.6 Å². The number of rotatable bonds is 5. The summed E-state index contributed by atoms with van der Waals surface area (Å²) < 4.78 is 18.3. The molecule has 0 radical (unpaired) electrons. The number of nitrogens with one attached hydrogen (secondary N) is 2. The minimum atomic E-state index is -0.328. The number of halogens is 1. The third-order valence-corrected chi connectivity index (χ3v) is 2.56. The summed E-state index contributed by atoms with van der Waals surface area (Å²) in [5, 5.41) is 6.31. The van der Waals surface area contributed by atoms with Crippen LogP contribution in [0.1, 0.15) is 6.92 Å². The number of pyridine rings is 1. The van der Waals surface area contributed by atoms with E-state index in [2.05, 4.69) is 15.6 Å². The van der Waals surface area contributed by atoms with Crippen molar-refractivity contribution in [3.63, 3.8) is 0 Å². The molecule has 1 aromatic carbocycles. The molecule has 2 N–H and O–H groups in total. The third kappa shape index (κ3) is 3.34. The lowest BCUT2D eigenvalue weighted by atomic mass is 10.2. The number of hydrogen-bond donors (Lipinski definition) is 2. The maximum Gasteiger partial charge on any atom is 0.145 e. The summed E-state index contributed by atoms with van der Waals surface area (Å²) in [5.41, 5.74) is 1.56. The molecular formula is C14H16FN3O. The fraction of sp³-hybridized carbons (Fsp3) is 0.214. The fourth-order valence-corrected chi connectivity index (χ4v) is 1.71. The van der Waals surface area contributed by atoms with Crippen molar-refractivity contribution in [2.24, 2.45) is 0 Å². The normalized spacial score (nSPS) is 10.1. The van der Waals surface area contributed by atoms with Gasteiger partial charge in [-0.25, -0.2) is 9.37 Å². The lowest BCUT2D eigenvalue weighted by Crippen LogP contribution is -2.00. The molecule has 0 amide bonds. The van der Waals surface area contributed by atoms with Crippen LogP contribution in [0.15, 0.2) is 36.5 Å². The zero-order valence-corrected chi connectivity index (χ0v) is 10.9. The molecule has 1 aromatic heterocycles. The van der Waals surface area contributed by atoms with E-state index in [0.29, 0.717) is 11.4 Å². The summed E-state index contributed by atoms with van der Waals surface area (Å²) in [6.07, 6.45) is 1.70. The second-order valence-electron chi connectivity index (χ2n) is 3.93. The van der Waals surface area contributed by atoms with Crippen molar-refractivity contribution in [3.05, 3.63) is 42.3 Å². The summed E-state index contributed by atoms with van der Waals surface area (Å²) in [6.45, 7) is 2.81. The zero-order chi connectivity index (χ0) is 13.7. The molecule has 2 rings (SSSR count). The Kier molecular flexibility index (Phi) is 4.18. The van der Waals surface area contributed by atoms with Crippen molar-refractivity contribution in [1.82, 2.24) is 4.98 Å². The molecule has 0 aliphatic carbocycles. The highest BCUT2D eigenvalue weighted by molar-refractivity contribution is 5.67. The van der Waals surface area contributed by atoms with Crippen molar-refractivity contribution in [1.29, 1.82) is 0 Å². The molecule has 0 unspecified atom stereocenters. The zero-order valence-electron chi connectivity index (χ0n) is 10.9. The van der Waals surface area contributed by atoms with Crippen LogP contribution in [0.25, 0.3) is 0 Å². The molecule has 4 nitrogen and oxygen atoms in total.